The van der Waals surface area contributed by atoms with Crippen molar-refractivity contribution in [2.24, 2.45) is 4.99 Å². The van der Waals surface area contributed by atoms with Gasteiger partial charge in [-0.3, -0.25) is 0 Å². The highest BCUT2D eigenvalue weighted by molar-refractivity contribution is 6.07. The number of carbonyl (C=O) groups excluding carboxylic acids is 1. The molecule has 2 aromatic rings. The lowest BCUT2D eigenvalue weighted by Gasteiger charge is -2.06. The first-order valence-electron chi connectivity index (χ1n) is 8.94. The predicted octanol–water partition coefficient (Wildman–Crippen LogP) is 4.20. The van der Waals surface area contributed by atoms with Gasteiger partial charge in [0.15, 0.2) is 11.6 Å². The van der Waals surface area contributed by atoms with Crippen molar-refractivity contribution in [2.75, 3.05) is 14.2 Å². The number of nitrogens with zero attached hydrogens (tertiary/aromatic N) is 1. The highest BCUT2D eigenvalue weighted by Crippen LogP contribution is 2.25. The van der Waals surface area contributed by atoms with Crippen LogP contribution in [0.2, 0.25) is 0 Å². The summed E-state index contributed by atoms with van der Waals surface area (Å²) in [5.41, 5.74) is 3.41. The minimum Gasteiger partial charge on any atom is -0.497 e. The number of ether oxygens (including phenoxy) is 3. The Hall–Kier alpha value is -3.08. The molecular weight excluding hydrogens is 342 g/mol. The summed E-state index contributed by atoms with van der Waals surface area (Å²) < 4.78 is 15.9. The molecule has 0 saturated heterocycles. The number of benzene rings is 2. The Morgan fingerprint density at radius 2 is 1.74 bits per heavy atom. The number of carbonyl (C=O) groups is 1. The fraction of sp³-hybridized carbons (Fsp3) is 0.273. The molecule has 2 aromatic carbocycles. The summed E-state index contributed by atoms with van der Waals surface area (Å²) in [5.74, 6) is 1.53. The SMILES string of the molecule is CCc1ccc(OC)c(/C=C2/N=C(CCc3ccc(OC)cc3)OC2=O)c1. The van der Waals surface area contributed by atoms with Crippen molar-refractivity contribution in [3.63, 3.8) is 0 Å². The van der Waals surface area contributed by atoms with Crippen molar-refractivity contribution < 1.29 is 19.0 Å². The Kier molecular flexibility index (Phi) is 5.91. The van der Waals surface area contributed by atoms with E-state index in [0.717, 1.165) is 35.3 Å². The van der Waals surface area contributed by atoms with Gasteiger partial charge in [0.25, 0.3) is 0 Å². The summed E-state index contributed by atoms with van der Waals surface area (Å²) in [6.45, 7) is 2.08. The number of hydrogen-bond acceptors (Lipinski definition) is 5. The van der Waals surface area contributed by atoms with Crippen LogP contribution in [0.15, 0.2) is 53.2 Å². The second kappa shape index (κ2) is 8.54. The van der Waals surface area contributed by atoms with E-state index in [2.05, 4.69) is 11.9 Å². The van der Waals surface area contributed by atoms with Crippen molar-refractivity contribution in [3.05, 3.63) is 64.9 Å². The molecule has 1 aliphatic heterocycles. The van der Waals surface area contributed by atoms with Crippen molar-refractivity contribution >= 4 is 17.9 Å². The van der Waals surface area contributed by atoms with Crippen LogP contribution in [0.25, 0.3) is 6.08 Å². The van der Waals surface area contributed by atoms with Gasteiger partial charge < -0.3 is 14.2 Å². The number of aryl methyl sites for hydroxylation is 2. The maximum atomic E-state index is 12.2. The Morgan fingerprint density at radius 1 is 1.00 bits per heavy atom. The third kappa shape index (κ3) is 4.56. The van der Waals surface area contributed by atoms with Crippen molar-refractivity contribution in [3.8, 4) is 11.5 Å². The Balaban J connectivity index is 1.74. The van der Waals surface area contributed by atoms with Gasteiger partial charge in [-0.1, -0.05) is 25.1 Å². The fourth-order valence-corrected chi connectivity index (χ4v) is 2.87. The predicted molar refractivity (Wildman–Crippen MR) is 105 cm³/mol. The van der Waals surface area contributed by atoms with E-state index in [9.17, 15) is 4.79 Å². The van der Waals surface area contributed by atoms with Crippen LogP contribution in [0, 0.1) is 0 Å². The van der Waals surface area contributed by atoms with Gasteiger partial charge in [0.1, 0.15) is 11.5 Å². The zero-order valence-corrected chi connectivity index (χ0v) is 15.8. The smallest absolute Gasteiger partial charge is 0.363 e. The van der Waals surface area contributed by atoms with Crippen LogP contribution in [0.4, 0.5) is 0 Å². The molecule has 0 fully saturated rings. The first-order chi connectivity index (χ1) is 13.1. The minimum atomic E-state index is -0.427. The molecule has 0 unspecified atom stereocenters. The quantitative estimate of drug-likeness (QED) is 0.545. The molecule has 0 aromatic heterocycles. The zero-order chi connectivity index (χ0) is 19.2. The summed E-state index contributed by atoms with van der Waals surface area (Å²) in [5, 5.41) is 0. The van der Waals surface area contributed by atoms with E-state index in [1.807, 2.05) is 42.5 Å². The van der Waals surface area contributed by atoms with Gasteiger partial charge in [0.2, 0.25) is 0 Å². The van der Waals surface area contributed by atoms with Gasteiger partial charge in [-0.25, -0.2) is 9.79 Å². The van der Waals surface area contributed by atoms with Crippen LogP contribution in [-0.2, 0) is 22.4 Å². The summed E-state index contributed by atoms with van der Waals surface area (Å²) >= 11 is 0. The summed E-state index contributed by atoms with van der Waals surface area (Å²) in [4.78, 5) is 16.5. The third-order valence-electron chi connectivity index (χ3n) is 4.45. The maximum Gasteiger partial charge on any atom is 0.363 e. The van der Waals surface area contributed by atoms with Gasteiger partial charge >= 0.3 is 5.97 Å². The molecule has 0 spiro atoms. The minimum absolute atomic E-state index is 0.297. The van der Waals surface area contributed by atoms with Crippen LogP contribution >= 0.6 is 0 Å². The van der Waals surface area contributed by atoms with Crippen molar-refractivity contribution in [1.29, 1.82) is 0 Å². The van der Waals surface area contributed by atoms with Gasteiger partial charge in [-0.15, -0.1) is 0 Å². The summed E-state index contributed by atoms with van der Waals surface area (Å²) in [7, 11) is 3.25. The van der Waals surface area contributed by atoms with Crippen molar-refractivity contribution in [1.82, 2.24) is 0 Å². The molecule has 5 nitrogen and oxygen atoms in total. The van der Waals surface area contributed by atoms with E-state index < -0.39 is 5.97 Å². The largest absolute Gasteiger partial charge is 0.497 e. The first-order valence-corrected chi connectivity index (χ1v) is 8.94. The number of aliphatic imine (C=N–C) groups is 1. The Morgan fingerprint density at radius 3 is 2.41 bits per heavy atom. The molecule has 0 atom stereocenters. The average Bonchev–Trinajstić information content (AvgIpc) is 3.06. The lowest BCUT2D eigenvalue weighted by Crippen LogP contribution is -2.05. The number of hydrogen-bond donors (Lipinski definition) is 0. The molecule has 0 radical (unpaired) electrons. The van der Waals surface area contributed by atoms with Crippen LogP contribution in [0.1, 0.15) is 30.0 Å². The second-order valence-corrected chi connectivity index (χ2v) is 6.20. The van der Waals surface area contributed by atoms with Gasteiger partial charge in [-0.2, -0.15) is 0 Å². The van der Waals surface area contributed by atoms with Gasteiger partial charge in [0.05, 0.1) is 14.2 Å². The lowest BCUT2D eigenvalue weighted by atomic mass is 10.1. The first kappa shape index (κ1) is 18.7. The third-order valence-corrected chi connectivity index (χ3v) is 4.45. The van der Waals surface area contributed by atoms with Crippen molar-refractivity contribution in [2.45, 2.75) is 26.2 Å². The number of esters is 1. The molecule has 5 heteroatoms. The number of cyclic esters (lactones) is 1. The molecule has 1 heterocycles. The second-order valence-electron chi connectivity index (χ2n) is 6.20. The summed E-state index contributed by atoms with van der Waals surface area (Å²) in [6, 6.07) is 13.7. The molecule has 0 bridgehead atoms. The molecule has 0 N–H and O–H groups in total. The standard InChI is InChI=1S/C22H23NO4/c1-4-15-7-11-20(26-3)17(13-15)14-19-22(24)27-21(23-19)12-8-16-5-9-18(25-2)10-6-16/h5-7,9-11,13-14H,4,8,12H2,1-3H3/b19-14+. The number of methoxy groups -OCH3 is 2. The monoisotopic (exact) mass is 365 g/mol. The van der Waals surface area contributed by atoms with Gasteiger partial charge in [-0.05, 0) is 54.3 Å². The van der Waals surface area contributed by atoms with E-state index in [1.165, 1.54) is 0 Å². The molecule has 27 heavy (non-hydrogen) atoms. The summed E-state index contributed by atoms with van der Waals surface area (Å²) in [6.07, 6.45) is 3.92. The van der Waals surface area contributed by atoms with Crippen LogP contribution < -0.4 is 9.47 Å². The van der Waals surface area contributed by atoms with E-state index in [-0.39, 0.29) is 0 Å². The van der Waals surface area contributed by atoms with E-state index in [4.69, 9.17) is 14.2 Å². The highest BCUT2D eigenvalue weighted by atomic mass is 16.6. The molecule has 140 valence electrons. The maximum absolute atomic E-state index is 12.2. The fourth-order valence-electron chi connectivity index (χ4n) is 2.87. The van der Waals surface area contributed by atoms with E-state index in [1.54, 1.807) is 20.3 Å². The Labute approximate surface area is 159 Å². The molecule has 0 amide bonds. The highest BCUT2D eigenvalue weighted by Gasteiger charge is 2.23. The zero-order valence-electron chi connectivity index (χ0n) is 15.8. The molecule has 0 aliphatic carbocycles. The molecular formula is C22H23NO4. The molecule has 0 saturated carbocycles. The lowest BCUT2D eigenvalue weighted by molar-refractivity contribution is -0.130. The van der Waals surface area contributed by atoms with Crippen LogP contribution in [0.5, 0.6) is 11.5 Å². The van der Waals surface area contributed by atoms with Crippen LogP contribution in [-0.4, -0.2) is 26.1 Å². The Bertz CT molecular complexity index is 882. The number of rotatable bonds is 7. The topological polar surface area (TPSA) is 57.1 Å². The normalized spacial score (nSPS) is 14.9. The average molecular weight is 365 g/mol. The molecule has 3 rings (SSSR count). The van der Waals surface area contributed by atoms with E-state index >= 15 is 0 Å². The van der Waals surface area contributed by atoms with Crippen LogP contribution in [0.3, 0.4) is 0 Å². The van der Waals surface area contributed by atoms with Gasteiger partial charge in [0, 0.05) is 12.0 Å². The van der Waals surface area contributed by atoms with E-state index in [0.29, 0.717) is 23.8 Å². The molecule has 1 aliphatic rings.